The molecule has 1 saturated heterocycles. The number of methoxy groups -OCH3 is 1. The molecule has 0 saturated carbocycles. The first-order valence-corrected chi connectivity index (χ1v) is 7.69. The zero-order valence-electron chi connectivity index (χ0n) is 12.4. The number of hydrogen-bond donors (Lipinski definition) is 0. The number of likely N-dealkylation sites (N-methyl/N-ethyl adjacent to an activating group) is 1. The highest BCUT2D eigenvalue weighted by atomic mass is 16.5. The summed E-state index contributed by atoms with van der Waals surface area (Å²) in [6.45, 7) is 1.10. The van der Waals surface area contributed by atoms with Gasteiger partial charge in [0, 0.05) is 18.5 Å². The maximum absolute atomic E-state index is 6.43. The Balaban J connectivity index is 1.89. The van der Waals surface area contributed by atoms with Gasteiger partial charge in [0.25, 0.3) is 0 Å². The van der Waals surface area contributed by atoms with E-state index in [1.807, 2.05) is 6.07 Å². The Labute approximate surface area is 124 Å². The molecule has 3 nitrogen and oxygen atoms in total. The molecular weight excluding hydrogens is 262 g/mol. The predicted molar refractivity (Wildman–Crippen MR) is 81.9 cm³/mol. The lowest BCUT2D eigenvalue weighted by molar-refractivity contribution is 0.0874. The van der Waals surface area contributed by atoms with E-state index in [1.54, 1.807) is 7.11 Å². The molecule has 0 aromatic heterocycles. The van der Waals surface area contributed by atoms with E-state index in [4.69, 9.17) is 9.47 Å². The molecule has 21 heavy (non-hydrogen) atoms. The summed E-state index contributed by atoms with van der Waals surface area (Å²) in [5.74, 6) is 1.85. The molecule has 0 bridgehead atoms. The van der Waals surface area contributed by atoms with Crippen LogP contribution in [0.2, 0.25) is 0 Å². The molecule has 2 heterocycles. The molecule has 0 N–H and O–H groups in total. The van der Waals surface area contributed by atoms with Gasteiger partial charge in [-0.1, -0.05) is 30.4 Å². The van der Waals surface area contributed by atoms with Crippen LogP contribution in [-0.4, -0.2) is 37.2 Å². The van der Waals surface area contributed by atoms with Crippen molar-refractivity contribution < 1.29 is 9.47 Å². The molecule has 0 amide bonds. The highest BCUT2D eigenvalue weighted by Gasteiger charge is 2.67. The zero-order valence-corrected chi connectivity index (χ0v) is 12.4. The Morgan fingerprint density at radius 1 is 1.33 bits per heavy atom. The van der Waals surface area contributed by atoms with E-state index >= 15 is 0 Å². The van der Waals surface area contributed by atoms with Gasteiger partial charge in [-0.25, -0.2) is 0 Å². The first-order valence-electron chi connectivity index (χ1n) is 7.69. The van der Waals surface area contributed by atoms with Crippen LogP contribution in [-0.2, 0) is 5.41 Å². The summed E-state index contributed by atoms with van der Waals surface area (Å²) in [4.78, 5) is 2.48. The lowest BCUT2D eigenvalue weighted by Gasteiger charge is -2.49. The molecule has 5 rings (SSSR count). The van der Waals surface area contributed by atoms with Crippen LogP contribution in [0.1, 0.15) is 24.0 Å². The molecule has 1 spiro atoms. The third kappa shape index (κ3) is 1.07. The van der Waals surface area contributed by atoms with Crippen LogP contribution in [0.4, 0.5) is 0 Å². The maximum Gasteiger partial charge on any atom is 0.166 e. The summed E-state index contributed by atoms with van der Waals surface area (Å²) in [6, 6.07) is 4.21. The normalized spacial score (nSPS) is 38.1. The topological polar surface area (TPSA) is 21.7 Å². The van der Waals surface area contributed by atoms with E-state index < -0.39 is 0 Å². The van der Waals surface area contributed by atoms with Gasteiger partial charge in [-0.15, -0.1) is 0 Å². The summed E-state index contributed by atoms with van der Waals surface area (Å²) < 4.78 is 12.0. The molecule has 1 fully saturated rings. The summed E-state index contributed by atoms with van der Waals surface area (Å²) in [5, 5.41) is 0. The van der Waals surface area contributed by atoms with Crippen molar-refractivity contribution in [2.75, 3.05) is 20.7 Å². The standard InChI is InChI=1S/C18H19NO2/c1-19-11-10-18-14-4-3-8-17(18,19)9-7-12-5-6-13(20-2)16(21-14)15(12)18/h3,5-9,14H,4,10-11H2,1-2H3/t14-,17?,18?/m1/s1. The van der Waals surface area contributed by atoms with Gasteiger partial charge in [0.15, 0.2) is 11.5 Å². The monoisotopic (exact) mass is 281 g/mol. The third-order valence-corrected chi connectivity index (χ3v) is 6.06. The van der Waals surface area contributed by atoms with Crippen LogP contribution in [0.25, 0.3) is 6.08 Å². The number of hydrogen-bond acceptors (Lipinski definition) is 3. The Kier molecular flexibility index (Phi) is 1.99. The Bertz CT molecular complexity index is 707. The van der Waals surface area contributed by atoms with E-state index in [2.05, 4.69) is 42.3 Å². The molecule has 2 unspecified atom stereocenters. The van der Waals surface area contributed by atoms with Crippen LogP contribution in [0, 0.1) is 0 Å². The Hall–Kier alpha value is -1.74. The minimum atomic E-state index is -0.0273. The fraction of sp³-hybridized carbons (Fsp3) is 0.444. The average molecular weight is 281 g/mol. The van der Waals surface area contributed by atoms with Gasteiger partial charge in [0.2, 0.25) is 0 Å². The second kappa shape index (κ2) is 3.53. The fourth-order valence-corrected chi connectivity index (χ4v) is 5.12. The van der Waals surface area contributed by atoms with Gasteiger partial charge < -0.3 is 9.47 Å². The van der Waals surface area contributed by atoms with Gasteiger partial charge in [0.05, 0.1) is 18.1 Å². The van der Waals surface area contributed by atoms with Crippen molar-refractivity contribution in [3.8, 4) is 11.5 Å². The van der Waals surface area contributed by atoms with Crippen molar-refractivity contribution in [3.05, 3.63) is 41.5 Å². The van der Waals surface area contributed by atoms with Crippen LogP contribution >= 0.6 is 0 Å². The van der Waals surface area contributed by atoms with Gasteiger partial charge >= 0.3 is 0 Å². The smallest absolute Gasteiger partial charge is 0.166 e. The number of benzene rings is 1. The Morgan fingerprint density at radius 2 is 2.24 bits per heavy atom. The molecule has 4 aliphatic rings. The quantitative estimate of drug-likeness (QED) is 0.739. The number of likely N-dealkylation sites (tertiary alicyclic amines) is 1. The molecule has 2 aliphatic heterocycles. The highest BCUT2D eigenvalue weighted by molar-refractivity contribution is 5.74. The van der Waals surface area contributed by atoms with Crippen LogP contribution < -0.4 is 9.47 Å². The van der Waals surface area contributed by atoms with Crippen molar-refractivity contribution in [1.82, 2.24) is 4.90 Å². The van der Waals surface area contributed by atoms with E-state index in [9.17, 15) is 0 Å². The largest absolute Gasteiger partial charge is 0.493 e. The second-order valence-corrected chi connectivity index (χ2v) is 6.61. The summed E-state index contributed by atoms with van der Waals surface area (Å²) >= 11 is 0. The molecule has 3 heteroatoms. The summed E-state index contributed by atoms with van der Waals surface area (Å²) in [5.41, 5.74) is 2.71. The lowest BCUT2D eigenvalue weighted by Crippen LogP contribution is -2.59. The van der Waals surface area contributed by atoms with E-state index in [0.717, 1.165) is 30.9 Å². The van der Waals surface area contributed by atoms with Gasteiger partial charge in [-0.2, -0.15) is 0 Å². The summed E-state index contributed by atoms with van der Waals surface area (Å²) in [6.07, 6.45) is 11.7. The van der Waals surface area contributed by atoms with E-state index in [-0.39, 0.29) is 17.1 Å². The zero-order chi connectivity index (χ0) is 14.2. The average Bonchev–Trinajstić information content (AvgIpc) is 3.01. The van der Waals surface area contributed by atoms with Crippen molar-refractivity contribution in [1.29, 1.82) is 0 Å². The molecule has 1 aromatic rings. The molecule has 0 radical (unpaired) electrons. The minimum Gasteiger partial charge on any atom is -0.493 e. The molecular formula is C18H19NO2. The first kappa shape index (κ1) is 11.9. The number of nitrogens with zero attached hydrogens (tertiary/aromatic N) is 1. The second-order valence-electron chi connectivity index (χ2n) is 6.61. The van der Waals surface area contributed by atoms with Crippen molar-refractivity contribution in [2.45, 2.75) is 29.9 Å². The number of ether oxygens (including phenoxy) is 2. The minimum absolute atomic E-state index is 0.0273. The van der Waals surface area contributed by atoms with Crippen molar-refractivity contribution >= 4 is 6.08 Å². The summed E-state index contributed by atoms with van der Waals surface area (Å²) in [7, 11) is 3.96. The van der Waals surface area contributed by atoms with Gasteiger partial charge in [0.1, 0.15) is 6.10 Å². The Morgan fingerprint density at radius 3 is 3.10 bits per heavy atom. The number of rotatable bonds is 1. The first-order chi connectivity index (χ1) is 10.2. The van der Waals surface area contributed by atoms with Crippen molar-refractivity contribution in [2.24, 2.45) is 0 Å². The van der Waals surface area contributed by atoms with Crippen LogP contribution in [0.5, 0.6) is 11.5 Å². The molecule has 108 valence electrons. The van der Waals surface area contributed by atoms with Crippen LogP contribution in [0.15, 0.2) is 30.4 Å². The predicted octanol–water partition coefficient (Wildman–Crippen LogP) is 2.76. The molecule has 2 aliphatic carbocycles. The molecule has 3 atom stereocenters. The fourth-order valence-electron chi connectivity index (χ4n) is 5.12. The van der Waals surface area contributed by atoms with Gasteiger partial charge in [-0.3, -0.25) is 4.90 Å². The lowest BCUT2D eigenvalue weighted by atomic mass is 9.57. The third-order valence-electron chi connectivity index (χ3n) is 6.06. The van der Waals surface area contributed by atoms with E-state index in [0.29, 0.717) is 0 Å². The maximum atomic E-state index is 6.43. The highest BCUT2D eigenvalue weighted by Crippen LogP contribution is 2.64. The van der Waals surface area contributed by atoms with Gasteiger partial charge in [-0.05, 0) is 25.1 Å². The van der Waals surface area contributed by atoms with Crippen LogP contribution in [0.3, 0.4) is 0 Å². The SMILES string of the molecule is COc1ccc2c3c1O[C@@H]1CC=CC4(C=C2)N(C)CCC314. The molecule has 1 aromatic carbocycles. The van der Waals surface area contributed by atoms with Crippen molar-refractivity contribution in [3.63, 3.8) is 0 Å². The van der Waals surface area contributed by atoms with E-state index in [1.165, 1.54) is 11.1 Å².